The highest BCUT2D eigenvalue weighted by molar-refractivity contribution is 6.32. The van der Waals surface area contributed by atoms with Gasteiger partial charge in [-0.1, -0.05) is 36.5 Å². The molecule has 0 atom stereocenters. The number of aromatic nitrogens is 1. The van der Waals surface area contributed by atoms with Gasteiger partial charge in [0.2, 0.25) is 5.88 Å². The minimum atomic E-state index is -0.226. The maximum atomic E-state index is 13.3. The third kappa shape index (κ3) is 4.86. The quantitative estimate of drug-likeness (QED) is 0.376. The molecule has 0 bridgehead atoms. The monoisotopic (exact) mass is 445 g/mol. The van der Waals surface area contributed by atoms with Gasteiger partial charge in [0, 0.05) is 22.7 Å². The van der Waals surface area contributed by atoms with Gasteiger partial charge in [-0.15, -0.1) is 0 Å². The van der Waals surface area contributed by atoms with E-state index < -0.39 is 0 Å². The number of hydrogen-bond donors (Lipinski definition) is 0. The highest BCUT2D eigenvalue weighted by Crippen LogP contribution is 2.34. The molecule has 0 radical (unpaired) electrons. The number of methoxy groups -OCH3 is 2. The third-order valence-corrected chi connectivity index (χ3v) is 4.98. The number of hydrogen-bond acceptors (Lipinski definition) is 5. The number of nitrogens with zero attached hydrogens (tertiary/aromatic N) is 1. The standard InChI is InChI=1S/C23H21Cl2NO4/c1-4-5-19-16(10-11-22(26-19)30-15-8-6-14(24)7-9-15)23(27)17-12-21(29-3)18(25)13-20(17)28-2/h6-13H,4-5H2,1-3H3. The second-order valence-electron chi connectivity index (χ2n) is 6.47. The van der Waals surface area contributed by atoms with Gasteiger partial charge >= 0.3 is 0 Å². The van der Waals surface area contributed by atoms with E-state index in [1.165, 1.54) is 14.2 Å². The molecule has 1 aromatic heterocycles. The van der Waals surface area contributed by atoms with Crippen molar-refractivity contribution in [1.29, 1.82) is 0 Å². The zero-order chi connectivity index (χ0) is 21.7. The van der Waals surface area contributed by atoms with Gasteiger partial charge in [-0.05, 0) is 42.8 Å². The van der Waals surface area contributed by atoms with E-state index in [1.807, 2.05) is 6.92 Å². The highest BCUT2D eigenvalue weighted by atomic mass is 35.5. The topological polar surface area (TPSA) is 57.7 Å². The van der Waals surface area contributed by atoms with Crippen LogP contribution in [0.4, 0.5) is 0 Å². The number of halogens is 2. The molecule has 0 saturated heterocycles. The first-order chi connectivity index (χ1) is 14.5. The Morgan fingerprint density at radius 2 is 1.63 bits per heavy atom. The number of aryl methyl sites for hydroxylation is 1. The number of ketones is 1. The second-order valence-corrected chi connectivity index (χ2v) is 7.31. The van der Waals surface area contributed by atoms with Crippen molar-refractivity contribution >= 4 is 29.0 Å². The summed E-state index contributed by atoms with van der Waals surface area (Å²) in [5.41, 5.74) is 1.47. The Labute approximate surface area is 185 Å². The van der Waals surface area contributed by atoms with Crippen LogP contribution >= 0.6 is 23.2 Å². The number of carbonyl (C=O) groups excluding carboxylic acids is 1. The van der Waals surface area contributed by atoms with E-state index >= 15 is 0 Å². The number of ether oxygens (including phenoxy) is 3. The molecular formula is C23H21Cl2NO4. The summed E-state index contributed by atoms with van der Waals surface area (Å²) in [5, 5.41) is 0.986. The van der Waals surface area contributed by atoms with Gasteiger partial charge < -0.3 is 14.2 Å². The normalized spacial score (nSPS) is 10.6. The van der Waals surface area contributed by atoms with Crippen LogP contribution in [-0.4, -0.2) is 25.0 Å². The zero-order valence-electron chi connectivity index (χ0n) is 16.9. The molecule has 1 heterocycles. The molecule has 30 heavy (non-hydrogen) atoms. The molecule has 0 fully saturated rings. The fourth-order valence-electron chi connectivity index (χ4n) is 2.98. The van der Waals surface area contributed by atoms with Gasteiger partial charge in [0.25, 0.3) is 0 Å². The lowest BCUT2D eigenvalue weighted by Gasteiger charge is -2.14. The molecule has 0 spiro atoms. The highest BCUT2D eigenvalue weighted by Gasteiger charge is 2.21. The third-order valence-electron chi connectivity index (χ3n) is 4.43. The predicted octanol–water partition coefficient (Wildman–Crippen LogP) is 6.38. The van der Waals surface area contributed by atoms with Gasteiger partial charge in [0.15, 0.2) is 5.78 Å². The Balaban J connectivity index is 1.99. The van der Waals surface area contributed by atoms with E-state index in [1.54, 1.807) is 48.5 Å². The van der Waals surface area contributed by atoms with Crippen molar-refractivity contribution in [3.8, 4) is 23.1 Å². The number of carbonyl (C=O) groups is 1. The molecule has 0 unspecified atom stereocenters. The maximum absolute atomic E-state index is 13.3. The van der Waals surface area contributed by atoms with Gasteiger partial charge in [0.05, 0.1) is 30.5 Å². The lowest BCUT2D eigenvalue weighted by atomic mass is 9.99. The summed E-state index contributed by atoms with van der Waals surface area (Å²) in [6, 6.07) is 13.5. The summed E-state index contributed by atoms with van der Waals surface area (Å²) in [4.78, 5) is 17.9. The first kappa shape index (κ1) is 21.9. The summed E-state index contributed by atoms with van der Waals surface area (Å²) >= 11 is 12.1. The van der Waals surface area contributed by atoms with E-state index in [2.05, 4.69) is 4.98 Å². The van der Waals surface area contributed by atoms with Crippen molar-refractivity contribution in [2.24, 2.45) is 0 Å². The van der Waals surface area contributed by atoms with Crippen LogP contribution in [0.15, 0.2) is 48.5 Å². The molecule has 0 amide bonds. The molecule has 5 nitrogen and oxygen atoms in total. The van der Waals surface area contributed by atoms with Crippen LogP contribution in [0, 0.1) is 0 Å². The van der Waals surface area contributed by atoms with E-state index in [4.69, 9.17) is 37.4 Å². The summed E-state index contributed by atoms with van der Waals surface area (Å²) in [6.45, 7) is 2.02. The molecule has 0 N–H and O–H groups in total. The van der Waals surface area contributed by atoms with Crippen molar-refractivity contribution in [2.45, 2.75) is 19.8 Å². The van der Waals surface area contributed by atoms with Gasteiger partial charge in [-0.3, -0.25) is 4.79 Å². The number of benzene rings is 2. The molecule has 3 rings (SSSR count). The molecule has 0 saturated carbocycles. The number of rotatable bonds is 8. The van der Waals surface area contributed by atoms with Crippen LogP contribution in [0.3, 0.4) is 0 Å². The zero-order valence-corrected chi connectivity index (χ0v) is 18.4. The Kier molecular flexibility index (Phi) is 7.19. The Morgan fingerprint density at radius 1 is 0.933 bits per heavy atom. The fourth-order valence-corrected chi connectivity index (χ4v) is 3.34. The van der Waals surface area contributed by atoms with Crippen LogP contribution in [0.2, 0.25) is 10.0 Å². The van der Waals surface area contributed by atoms with E-state index in [0.29, 0.717) is 56.4 Å². The van der Waals surface area contributed by atoms with Crippen LogP contribution in [0.5, 0.6) is 23.1 Å². The van der Waals surface area contributed by atoms with Crippen LogP contribution in [-0.2, 0) is 6.42 Å². The molecule has 0 aliphatic carbocycles. The van der Waals surface area contributed by atoms with Gasteiger partial charge in [0.1, 0.15) is 17.2 Å². The lowest BCUT2D eigenvalue weighted by Crippen LogP contribution is -2.10. The van der Waals surface area contributed by atoms with Crippen LogP contribution in [0.25, 0.3) is 0 Å². The van der Waals surface area contributed by atoms with E-state index in [9.17, 15) is 4.79 Å². The van der Waals surface area contributed by atoms with Crippen LogP contribution in [0.1, 0.15) is 35.0 Å². The molecule has 7 heteroatoms. The Bertz CT molecular complexity index is 1050. The number of pyridine rings is 1. The summed E-state index contributed by atoms with van der Waals surface area (Å²) in [7, 11) is 2.98. The fraction of sp³-hybridized carbons (Fsp3) is 0.217. The Hall–Kier alpha value is -2.76. The molecule has 2 aromatic carbocycles. The summed E-state index contributed by atoms with van der Waals surface area (Å²) in [6.07, 6.45) is 1.44. The summed E-state index contributed by atoms with van der Waals surface area (Å²) in [5.74, 6) is 1.55. The van der Waals surface area contributed by atoms with Crippen molar-refractivity contribution in [3.63, 3.8) is 0 Å². The van der Waals surface area contributed by atoms with Gasteiger partial charge in [-0.25, -0.2) is 4.98 Å². The Morgan fingerprint density at radius 3 is 2.27 bits per heavy atom. The average Bonchev–Trinajstić information content (AvgIpc) is 2.75. The van der Waals surface area contributed by atoms with Crippen LogP contribution < -0.4 is 14.2 Å². The predicted molar refractivity (Wildman–Crippen MR) is 118 cm³/mol. The second kappa shape index (κ2) is 9.83. The first-order valence-electron chi connectivity index (χ1n) is 9.36. The summed E-state index contributed by atoms with van der Waals surface area (Å²) < 4.78 is 16.4. The van der Waals surface area contributed by atoms with Crippen molar-refractivity contribution in [1.82, 2.24) is 4.98 Å². The first-order valence-corrected chi connectivity index (χ1v) is 10.1. The molecule has 3 aromatic rings. The smallest absolute Gasteiger partial charge is 0.219 e. The van der Waals surface area contributed by atoms with Gasteiger partial charge in [-0.2, -0.15) is 0 Å². The van der Waals surface area contributed by atoms with E-state index in [0.717, 1.165) is 6.42 Å². The largest absolute Gasteiger partial charge is 0.496 e. The molecule has 0 aliphatic rings. The lowest BCUT2D eigenvalue weighted by molar-refractivity contribution is 0.103. The maximum Gasteiger partial charge on any atom is 0.219 e. The molecule has 156 valence electrons. The minimum absolute atomic E-state index is 0.226. The van der Waals surface area contributed by atoms with Crippen molar-refractivity contribution < 1.29 is 19.0 Å². The SMILES string of the molecule is CCCc1nc(Oc2ccc(Cl)cc2)ccc1C(=O)c1cc(OC)c(Cl)cc1OC. The van der Waals surface area contributed by atoms with Crippen molar-refractivity contribution in [2.75, 3.05) is 14.2 Å². The van der Waals surface area contributed by atoms with Crippen molar-refractivity contribution in [3.05, 3.63) is 75.4 Å². The molecular weight excluding hydrogens is 425 g/mol. The average molecular weight is 446 g/mol. The minimum Gasteiger partial charge on any atom is -0.496 e. The molecule has 0 aliphatic heterocycles. The van der Waals surface area contributed by atoms with E-state index in [-0.39, 0.29) is 5.78 Å².